The summed E-state index contributed by atoms with van der Waals surface area (Å²) in [7, 11) is 3.19. The molecule has 0 saturated carbocycles. The van der Waals surface area contributed by atoms with Gasteiger partial charge in [0, 0.05) is 18.7 Å². The molecule has 0 spiro atoms. The van der Waals surface area contributed by atoms with Crippen molar-refractivity contribution in [1.82, 2.24) is 4.90 Å². The highest BCUT2D eigenvalue weighted by molar-refractivity contribution is 6.90. The lowest BCUT2D eigenvalue weighted by atomic mass is 9.49. The average molecular weight is 236 g/mol. The monoisotopic (exact) mass is 236 g/mol. The summed E-state index contributed by atoms with van der Waals surface area (Å²) in [5, 5.41) is 0. The smallest absolute Gasteiger partial charge is 0.127 e. The van der Waals surface area contributed by atoms with Gasteiger partial charge < -0.3 is 4.90 Å². The van der Waals surface area contributed by atoms with Gasteiger partial charge in [-0.1, -0.05) is 36.9 Å². The SMILES string of the molecule is BBC1N=C(C=C)N(/C=C\C)Cc2ccccc21. The number of hydrogen-bond acceptors (Lipinski definition) is 2. The minimum absolute atomic E-state index is 0.240. The Kier molecular flexibility index (Phi) is 4.08. The highest BCUT2D eigenvalue weighted by atomic mass is 15.2. The molecule has 1 aliphatic rings. The molecule has 0 aromatic heterocycles. The van der Waals surface area contributed by atoms with Gasteiger partial charge in [-0.3, -0.25) is 4.99 Å². The molecular weight excluding hydrogens is 218 g/mol. The van der Waals surface area contributed by atoms with Gasteiger partial charge in [-0.2, -0.15) is 0 Å². The first-order valence-corrected chi connectivity index (χ1v) is 6.47. The Labute approximate surface area is 111 Å². The Hall–Kier alpha value is -1.70. The highest BCUT2D eigenvalue weighted by Gasteiger charge is 2.20. The normalized spacial score (nSPS) is 19.1. The predicted molar refractivity (Wildman–Crippen MR) is 82.9 cm³/mol. The number of rotatable bonds is 3. The van der Waals surface area contributed by atoms with Gasteiger partial charge >= 0.3 is 0 Å². The van der Waals surface area contributed by atoms with Crippen LogP contribution in [0.3, 0.4) is 0 Å². The molecule has 0 radical (unpaired) electrons. The summed E-state index contributed by atoms with van der Waals surface area (Å²) in [4.78, 5) is 6.98. The highest BCUT2D eigenvalue weighted by Crippen LogP contribution is 2.26. The maximum atomic E-state index is 4.83. The van der Waals surface area contributed by atoms with Crippen LogP contribution < -0.4 is 0 Å². The summed E-state index contributed by atoms with van der Waals surface area (Å²) in [6.07, 6.45) is 5.94. The van der Waals surface area contributed by atoms with Crippen molar-refractivity contribution in [2.24, 2.45) is 4.99 Å². The Balaban J connectivity index is 2.50. The lowest BCUT2D eigenvalue weighted by Crippen LogP contribution is -2.22. The Morgan fingerprint density at radius 1 is 1.50 bits per heavy atom. The van der Waals surface area contributed by atoms with Crippen molar-refractivity contribution in [3.8, 4) is 0 Å². The predicted octanol–water partition coefficient (Wildman–Crippen LogP) is 1.60. The molecule has 2 rings (SSSR count). The third-order valence-electron chi connectivity index (χ3n) is 3.24. The third kappa shape index (κ3) is 2.42. The van der Waals surface area contributed by atoms with Crippen molar-refractivity contribution in [2.75, 3.05) is 0 Å². The van der Waals surface area contributed by atoms with Gasteiger partial charge in [0.15, 0.2) is 0 Å². The van der Waals surface area contributed by atoms with E-state index < -0.39 is 0 Å². The van der Waals surface area contributed by atoms with Gasteiger partial charge in [0.1, 0.15) is 13.0 Å². The lowest BCUT2D eigenvalue weighted by Gasteiger charge is -2.18. The molecule has 0 N–H and O–H groups in total. The molecule has 1 heterocycles. The van der Waals surface area contributed by atoms with Gasteiger partial charge in [0.2, 0.25) is 0 Å². The molecule has 1 aromatic carbocycles. The van der Waals surface area contributed by atoms with Crippen molar-refractivity contribution < 1.29 is 0 Å². The topological polar surface area (TPSA) is 15.6 Å². The van der Waals surface area contributed by atoms with E-state index in [-0.39, 0.29) is 5.94 Å². The van der Waals surface area contributed by atoms with Crippen LogP contribution in [0.4, 0.5) is 0 Å². The van der Waals surface area contributed by atoms with Crippen LogP contribution in [0, 0.1) is 0 Å². The zero-order valence-corrected chi connectivity index (χ0v) is 11.1. The summed E-state index contributed by atoms with van der Waals surface area (Å²) >= 11 is 0. The van der Waals surface area contributed by atoms with E-state index in [0.717, 1.165) is 19.6 Å². The van der Waals surface area contributed by atoms with E-state index in [2.05, 4.69) is 49.7 Å². The second-order valence-corrected chi connectivity index (χ2v) is 4.42. The van der Waals surface area contributed by atoms with E-state index in [1.165, 1.54) is 11.1 Å². The number of amidine groups is 1. The van der Waals surface area contributed by atoms with Gasteiger partial charge in [0.05, 0.1) is 7.74 Å². The zero-order chi connectivity index (χ0) is 13.0. The molecule has 0 saturated heterocycles. The lowest BCUT2D eigenvalue weighted by molar-refractivity contribution is 0.557. The second-order valence-electron chi connectivity index (χ2n) is 4.42. The Morgan fingerprint density at radius 2 is 2.28 bits per heavy atom. The summed E-state index contributed by atoms with van der Waals surface area (Å²) in [6, 6.07) is 8.57. The number of aliphatic imine (C=N–C) groups is 1. The Bertz CT molecular complexity index is 494. The molecule has 1 aromatic rings. The van der Waals surface area contributed by atoms with Crippen LogP contribution in [-0.4, -0.2) is 25.6 Å². The van der Waals surface area contributed by atoms with Crippen molar-refractivity contribution in [3.05, 3.63) is 60.3 Å². The quantitative estimate of drug-likeness (QED) is 0.727. The van der Waals surface area contributed by atoms with Crippen LogP contribution in [0.2, 0.25) is 0 Å². The van der Waals surface area contributed by atoms with Crippen molar-refractivity contribution in [3.63, 3.8) is 0 Å². The minimum Gasteiger partial charge on any atom is -0.329 e. The van der Waals surface area contributed by atoms with E-state index >= 15 is 0 Å². The summed E-state index contributed by atoms with van der Waals surface area (Å²) in [5.74, 6) is 1.20. The number of fused-ring (bicyclic) bond motifs is 1. The Morgan fingerprint density at radius 3 is 2.94 bits per heavy atom. The van der Waals surface area contributed by atoms with E-state index in [9.17, 15) is 0 Å². The second kappa shape index (κ2) is 5.76. The third-order valence-corrected chi connectivity index (χ3v) is 3.24. The van der Waals surface area contributed by atoms with Gasteiger partial charge in [0.25, 0.3) is 0 Å². The minimum atomic E-state index is 0.240. The van der Waals surface area contributed by atoms with Crippen molar-refractivity contribution in [1.29, 1.82) is 0 Å². The fourth-order valence-corrected chi connectivity index (χ4v) is 2.36. The molecule has 18 heavy (non-hydrogen) atoms. The summed E-state index contributed by atoms with van der Waals surface area (Å²) in [5.41, 5.74) is 2.69. The number of nitrogens with zero attached hydrogens (tertiary/aromatic N) is 2. The summed E-state index contributed by atoms with van der Waals surface area (Å²) in [6.45, 7) is 6.77. The molecule has 0 bridgehead atoms. The maximum Gasteiger partial charge on any atom is 0.127 e. The van der Waals surface area contributed by atoms with Crippen LogP contribution in [-0.2, 0) is 6.54 Å². The van der Waals surface area contributed by atoms with Crippen LogP contribution >= 0.6 is 0 Å². The van der Waals surface area contributed by atoms with Crippen molar-refractivity contribution >= 4 is 20.7 Å². The van der Waals surface area contributed by atoms with Gasteiger partial charge in [-0.05, 0) is 24.1 Å². The van der Waals surface area contributed by atoms with Crippen molar-refractivity contribution in [2.45, 2.75) is 19.4 Å². The number of benzene rings is 1. The molecule has 90 valence electrons. The molecule has 1 unspecified atom stereocenters. The van der Waals surface area contributed by atoms with Crippen LogP contribution in [0.15, 0.2) is 54.2 Å². The van der Waals surface area contributed by atoms with Gasteiger partial charge in [-0.25, -0.2) is 0 Å². The number of allylic oxidation sites excluding steroid dienone is 1. The first kappa shape index (κ1) is 12.7. The largest absolute Gasteiger partial charge is 0.329 e. The number of hydrogen-bond donors (Lipinski definition) is 0. The molecule has 2 nitrogen and oxygen atoms in total. The fourth-order valence-electron chi connectivity index (χ4n) is 2.36. The van der Waals surface area contributed by atoms with Crippen LogP contribution in [0.1, 0.15) is 24.0 Å². The molecular formula is C14H18B2N2. The summed E-state index contributed by atoms with van der Waals surface area (Å²) < 4.78 is 0. The van der Waals surface area contributed by atoms with E-state index in [1.807, 2.05) is 19.1 Å². The van der Waals surface area contributed by atoms with Gasteiger partial charge in [-0.15, -0.1) is 0 Å². The molecule has 4 heteroatoms. The van der Waals surface area contributed by atoms with E-state index in [0.29, 0.717) is 0 Å². The molecule has 1 aliphatic heterocycles. The first-order valence-electron chi connectivity index (χ1n) is 6.47. The van der Waals surface area contributed by atoms with E-state index in [4.69, 9.17) is 4.99 Å². The molecule has 1 atom stereocenters. The molecule has 0 amide bonds. The first-order chi connectivity index (χ1) is 8.80. The molecule has 0 aliphatic carbocycles. The zero-order valence-electron chi connectivity index (χ0n) is 11.1. The average Bonchev–Trinajstić information content (AvgIpc) is 2.55. The van der Waals surface area contributed by atoms with Crippen LogP contribution in [0.25, 0.3) is 0 Å². The molecule has 0 fully saturated rings. The van der Waals surface area contributed by atoms with Crippen LogP contribution in [0.5, 0.6) is 0 Å². The maximum absolute atomic E-state index is 4.83. The standard InChI is InChI=1S/C14H18B2N2/c1-3-9-18-10-11-7-5-6-8-12(11)14(16-15)17-13(18)4-2/h3-9,14,16H,2,10,15H2,1H3/b9-3-. The fraction of sp³-hybridized carbons (Fsp3) is 0.214. The van der Waals surface area contributed by atoms with E-state index in [1.54, 1.807) is 0 Å².